The summed E-state index contributed by atoms with van der Waals surface area (Å²) in [6.45, 7) is 7.72. The van der Waals surface area contributed by atoms with Crippen molar-refractivity contribution in [2.75, 3.05) is 19.6 Å². The van der Waals surface area contributed by atoms with Gasteiger partial charge in [-0.2, -0.15) is 0 Å². The third kappa shape index (κ3) is 5.25. The molecule has 0 radical (unpaired) electrons. The maximum absolute atomic E-state index is 12.4. The minimum Gasteiger partial charge on any atom is -0.481 e. The van der Waals surface area contributed by atoms with Crippen molar-refractivity contribution in [1.82, 2.24) is 10.2 Å². The predicted molar refractivity (Wildman–Crippen MR) is 93.8 cm³/mol. The number of likely N-dealkylation sites (tertiary alicyclic amines) is 1. The molecule has 5 heteroatoms. The number of hydrogen-bond acceptors (Lipinski definition) is 2. The van der Waals surface area contributed by atoms with Gasteiger partial charge in [-0.3, -0.25) is 4.79 Å². The number of benzene rings is 1. The molecule has 2 unspecified atom stereocenters. The Morgan fingerprint density at radius 2 is 1.92 bits per heavy atom. The molecule has 24 heavy (non-hydrogen) atoms. The lowest BCUT2D eigenvalue weighted by atomic mass is 9.85. The zero-order valence-electron chi connectivity index (χ0n) is 14.8. The Balaban J connectivity index is 1.88. The summed E-state index contributed by atoms with van der Waals surface area (Å²) in [6, 6.07) is 10.1. The van der Waals surface area contributed by atoms with E-state index >= 15 is 0 Å². The van der Waals surface area contributed by atoms with Crippen molar-refractivity contribution in [3.05, 3.63) is 35.9 Å². The summed E-state index contributed by atoms with van der Waals surface area (Å²) in [5, 5.41) is 12.2. The maximum atomic E-state index is 12.4. The minimum atomic E-state index is -0.816. The van der Waals surface area contributed by atoms with E-state index in [1.165, 1.54) is 5.56 Å². The number of aliphatic carboxylic acids is 1. The number of carboxylic acid groups (broad SMARTS) is 1. The molecule has 1 aromatic carbocycles. The second-order valence-corrected chi connectivity index (χ2v) is 7.77. The molecule has 2 amide bonds. The molecule has 0 aliphatic carbocycles. The van der Waals surface area contributed by atoms with Crippen LogP contribution in [0.5, 0.6) is 0 Å². The molecule has 132 valence electrons. The van der Waals surface area contributed by atoms with Crippen molar-refractivity contribution < 1.29 is 14.7 Å². The topological polar surface area (TPSA) is 69.6 Å². The van der Waals surface area contributed by atoms with Crippen molar-refractivity contribution in [3.63, 3.8) is 0 Å². The molecule has 0 bridgehead atoms. The van der Waals surface area contributed by atoms with E-state index in [1.807, 2.05) is 25.1 Å². The molecule has 1 aliphatic rings. The van der Waals surface area contributed by atoms with Gasteiger partial charge in [0.05, 0.1) is 5.92 Å². The number of piperidine rings is 1. The van der Waals surface area contributed by atoms with E-state index in [1.54, 1.807) is 4.90 Å². The van der Waals surface area contributed by atoms with Gasteiger partial charge in [0, 0.05) is 19.6 Å². The van der Waals surface area contributed by atoms with E-state index < -0.39 is 11.9 Å². The van der Waals surface area contributed by atoms with E-state index in [9.17, 15) is 14.7 Å². The van der Waals surface area contributed by atoms with Crippen LogP contribution in [0, 0.1) is 17.3 Å². The van der Waals surface area contributed by atoms with E-state index in [2.05, 4.69) is 31.3 Å². The molecule has 1 heterocycles. The van der Waals surface area contributed by atoms with E-state index in [4.69, 9.17) is 0 Å². The Morgan fingerprint density at radius 3 is 2.54 bits per heavy atom. The highest BCUT2D eigenvalue weighted by Crippen LogP contribution is 2.23. The van der Waals surface area contributed by atoms with Crippen molar-refractivity contribution >= 4 is 12.0 Å². The molecule has 1 saturated heterocycles. The van der Waals surface area contributed by atoms with Crippen LogP contribution in [0.25, 0.3) is 0 Å². The average molecular weight is 332 g/mol. The number of carbonyl (C=O) groups excluding carboxylic acids is 1. The molecule has 1 aromatic rings. The number of nitrogens with zero attached hydrogens (tertiary/aromatic N) is 1. The first-order valence-electron chi connectivity index (χ1n) is 8.56. The van der Waals surface area contributed by atoms with Crippen LogP contribution in [0.4, 0.5) is 4.79 Å². The first kappa shape index (κ1) is 18.3. The molecule has 0 saturated carbocycles. The first-order chi connectivity index (χ1) is 11.3. The van der Waals surface area contributed by atoms with Crippen LogP contribution in [0.1, 0.15) is 32.8 Å². The van der Waals surface area contributed by atoms with E-state index in [0.717, 1.165) is 6.42 Å². The van der Waals surface area contributed by atoms with E-state index in [0.29, 0.717) is 26.1 Å². The molecule has 2 N–H and O–H groups in total. The summed E-state index contributed by atoms with van der Waals surface area (Å²) in [4.78, 5) is 25.3. The Kier molecular flexibility index (Phi) is 5.86. The highest BCUT2D eigenvalue weighted by atomic mass is 16.4. The number of carboxylic acids is 1. The van der Waals surface area contributed by atoms with Crippen LogP contribution in [-0.4, -0.2) is 41.6 Å². The second-order valence-electron chi connectivity index (χ2n) is 7.77. The Hall–Kier alpha value is -2.04. The maximum Gasteiger partial charge on any atom is 0.317 e. The van der Waals surface area contributed by atoms with Crippen molar-refractivity contribution in [2.24, 2.45) is 17.3 Å². The SMILES string of the molecule is CC1CC(C(=O)O)CN(C(=O)NCC(C)(C)Cc2ccccc2)C1. The van der Waals surface area contributed by atoms with Crippen molar-refractivity contribution in [1.29, 1.82) is 0 Å². The smallest absolute Gasteiger partial charge is 0.317 e. The Morgan fingerprint density at radius 1 is 1.25 bits per heavy atom. The highest BCUT2D eigenvalue weighted by Gasteiger charge is 2.32. The molecule has 0 aromatic heterocycles. The highest BCUT2D eigenvalue weighted by molar-refractivity contribution is 5.76. The monoisotopic (exact) mass is 332 g/mol. The third-order valence-electron chi connectivity index (χ3n) is 4.54. The van der Waals surface area contributed by atoms with Crippen LogP contribution in [0.2, 0.25) is 0 Å². The fraction of sp³-hybridized carbons (Fsp3) is 0.579. The summed E-state index contributed by atoms with van der Waals surface area (Å²) < 4.78 is 0. The number of hydrogen-bond donors (Lipinski definition) is 2. The Bertz CT molecular complexity index is 571. The largest absolute Gasteiger partial charge is 0.481 e. The number of carbonyl (C=O) groups is 2. The van der Waals surface area contributed by atoms with Gasteiger partial charge in [-0.1, -0.05) is 51.1 Å². The summed E-state index contributed by atoms with van der Waals surface area (Å²) in [7, 11) is 0. The summed E-state index contributed by atoms with van der Waals surface area (Å²) in [5.74, 6) is -1.07. The summed E-state index contributed by atoms with van der Waals surface area (Å²) in [5.41, 5.74) is 1.18. The molecule has 1 aliphatic heterocycles. The number of rotatable bonds is 5. The zero-order chi connectivity index (χ0) is 17.7. The average Bonchev–Trinajstić information content (AvgIpc) is 2.52. The van der Waals surface area contributed by atoms with E-state index in [-0.39, 0.29) is 17.4 Å². The van der Waals surface area contributed by atoms with Crippen molar-refractivity contribution in [2.45, 2.75) is 33.6 Å². The lowest BCUT2D eigenvalue weighted by Crippen LogP contribution is -2.51. The fourth-order valence-electron chi connectivity index (χ4n) is 3.33. The predicted octanol–water partition coefficient (Wildman–Crippen LogP) is 3.01. The molecule has 1 fully saturated rings. The normalized spacial score (nSPS) is 21.4. The standard InChI is InChI=1S/C19H28N2O3/c1-14-9-16(17(22)23)12-21(11-14)18(24)20-13-19(2,3)10-15-7-5-4-6-8-15/h4-8,14,16H,9-13H2,1-3H3,(H,20,24)(H,22,23). The number of nitrogens with one attached hydrogen (secondary N) is 1. The number of urea groups is 1. The summed E-state index contributed by atoms with van der Waals surface area (Å²) >= 11 is 0. The molecule has 5 nitrogen and oxygen atoms in total. The molecule has 0 spiro atoms. The minimum absolute atomic E-state index is 0.0649. The van der Waals surface area contributed by atoms with Gasteiger partial charge >= 0.3 is 12.0 Å². The van der Waals surface area contributed by atoms with Gasteiger partial charge in [0.25, 0.3) is 0 Å². The van der Waals surface area contributed by atoms with Crippen LogP contribution in [0.15, 0.2) is 30.3 Å². The van der Waals surface area contributed by atoms with Crippen LogP contribution in [0.3, 0.4) is 0 Å². The molecule has 2 rings (SSSR count). The zero-order valence-corrected chi connectivity index (χ0v) is 14.8. The van der Waals surface area contributed by atoms with Gasteiger partial charge in [0.15, 0.2) is 0 Å². The fourth-order valence-corrected chi connectivity index (χ4v) is 3.33. The van der Waals surface area contributed by atoms with Gasteiger partial charge in [-0.05, 0) is 29.7 Å². The van der Waals surface area contributed by atoms with Crippen LogP contribution < -0.4 is 5.32 Å². The third-order valence-corrected chi connectivity index (χ3v) is 4.54. The number of amides is 2. The van der Waals surface area contributed by atoms with Crippen LogP contribution in [-0.2, 0) is 11.2 Å². The first-order valence-corrected chi connectivity index (χ1v) is 8.56. The Labute approximate surface area is 144 Å². The van der Waals surface area contributed by atoms with Gasteiger partial charge in [-0.25, -0.2) is 4.79 Å². The summed E-state index contributed by atoms with van der Waals surface area (Å²) in [6.07, 6.45) is 1.51. The van der Waals surface area contributed by atoms with Crippen LogP contribution >= 0.6 is 0 Å². The quantitative estimate of drug-likeness (QED) is 0.871. The van der Waals surface area contributed by atoms with Crippen molar-refractivity contribution in [3.8, 4) is 0 Å². The molecule has 2 atom stereocenters. The van der Waals surface area contributed by atoms with Gasteiger partial charge < -0.3 is 15.3 Å². The van der Waals surface area contributed by atoms with Gasteiger partial charge in [-0.15, -0.1) is 0 Å². The molecular weight excluding hydrogens is 304 g/mol. The lowest BCUT2D eigenvalue weighted by Gasteiger charge is -2.35. The second kappa shape index (κ2) is 7.69. The van der Waals surface area contributed by atoms with Gasteiger partial charge in [0.2, 0.25) is 0 Å². The molecular formula is C19H28N2O3. The lowest BCUT2D eigenvalue weighted by molar-refractivity contribution is -0.143. The van der Waals surface area contributed by atoms with Gasteiger partial charge in [0.1, 0.15) is 0 Å².